The van der Waals surface area contributed by atoms with Crippen molar-refractivity contribution in [1.29, 1.82) is 0 Å². The molecule has 1 aliphatic rings. The van der Waals surface area contributed by atoms with Gasteiger partial charge in [-0.25, -0.2) is 0 Å². The average Bonchev–Trinajstić information content (AvgIpc) is 2.45. The van der Waals surface area contributed by atoms with Crippen molar-refractivity contribution in [3.8, 4) is 0 Å². The van der Waals surface area contributed by atoms with E-state index in [9.17, 15) is 5.02 Å². The van der Waals surface area contributed by atoms with E-state index in [1.807, 2.05) is 11.4 Å². The molecule has 0 aliphatic carbocycles. The molecule has 0 spiro atoms. The number of rotatable bonds is 0. The minimum atomic E-state index is -0.568. The SMILES string of the molecule is CN1N=Cc2sccc2B1O. The summed E-state index contributed by atoms with van der Waals surface area (Å²) in [6, 6.07) is 1.92. The van der Waals surface area contributed by atoms with E-state index in [4.69, 9.17) is 0 Å². The maximum Gasteiger partial charge on any atom is 0.467 e. The van der Waals surface area contributed by atoms with Crippen molar-refractivity contribution < 1.29 is 5.02 Å². The van der Waals surface area contributed by atoms with Crippen molar-refractivity contribution in [3.05, 3.63) is 16.3 Å². The average molecular weight is 166 g/mol. The first-order valence-electron chi connectivity index (χ1n) is 3.31. The smallest absolute Gasteiger partial charge is 0.428 e. The Morgan fingerprint density at radius 3 is 3.36 bits per heavy atom. The van der Waals surface area contributed by atoms with Crippen LogP contribution in [0, 0.1) is 0 Å². The third-order valence-corrected chi connectivity index (χ3v) is 2.58. The Bertz CT molecular complexity index is 299. The summed E-state index contributed by atoms with van der Waals surface area (Å²) >= 11 is 1.60. The fraction of sp³-hybridized carbons (Fsp3) is 0.167. The van der Waals surface area contributed by atoms with E-state index < -0.39 is 7.05 Å². The second-order valence-electron chi connectivity index (χ2n) is 2.43. The lowest BCUT2D eigenvalue weighted by Crippen LogP contribution is -2.46. The lowest BCUT2D eigenvalue weighted by molar-refractivity contribution is 0.443. The summed E-state index contributed by atoms with van der Waals surface area (Å²) in [5, 5.41) is 15.5. The molecule has 0 unspecified atom stereocenters. The predicted octanol–water partition coefficient (Wildman–Crippen LogP) is -0.285. The normalized spacial score (nSPS) is 15.5. The van der Waals surface area contributed by atoms with Gasteiger partial charge in [-0.05, 0) is 10.8 Å². The maximum atomic E-state index is 9.54. The summed E-state index contributed by atoms with van der Waals surface area (Å²) in [6.07, 6.45) is 1.77. The van der Waals surface area contributed by atoms with Crippen LogP contribution in [-0.2, 0) is 0 Å². The molecule has 0 fully saturated rings. The van der Waals surface area contributed by atoms with Gasteiger partial charge in [0.05, 0.1) is 6.21 Å². The highest BCUT2D eigenvalue weighted by Gasteiger charge is 2.26. The van der Waals surface area contributed by atoms with Gasteiger partial charge >= 0.3 is 7.05 Å². The number of hydrogen-bond donors (Lipinski definition) is 1. The van der Waals surface area contributed by atoms with Crippen molar-refractivity contribution in [2.45, 2.75) is 0 Å². The van der Waals surface area contributed by atoms with Gasteiger partial charge in [0.1, 0.15) is 0 Å². The van der Waals surface area contributed by atoms with Crippen LogP contribution < -0.4 is 5.46 Å². The van der Waals surface area contributed by atoms with Crippen LogP contribution in [0.3, 0.4) is 0 Å². The molecule has 0 radical (unpaired) electrons. The van der Waals surface area contributed by atoms with Crippen LogP contribution >= 0.6 is 11.3 Å². The zero-order valence-corrected chi connectivity index (χ0v) is 6.88. The van der Waals surface area contributed by atoms with Gasteiger partial charge in [0, 0.05) is 11.9 Å². The number of hydrogen-bond acceptors (Lipinski definition) is 4. The van der Waals surface area contributed by atoms with Crippen molar-refractivity contribution >= 4 is 30.1 Å². The van der Waals surface area contributed by atoms with E-state index in [1.54, 1.807) is 24.6 Å². The molecular formula is C6H7BN2OS. The van der Waals surface area contributed by atoms with Crippen molar-refractivity contribution in [2.75, 3.05) is 7.05 Å². The van der Waals surface area contributed by atoms with Gasteiger partial charge < -0.3 is 9.94 Å². The molecule has 0 atom stereocenters. The van der Waals surface area contributed by atoms with Gasteiger partial charge in [0.15, 0.2) is 0 Å². The lowest BCUT2D eigenvalue weighted by Gasteiger charge is -2.19. The van der Waals surface area contributed by atoms with Gasteiger partial charge in [0.25, 0.3) is 0 Å². The second kappa shape index (κ2) is 2.35. The zero-order valence-electron chi connectivity index (χ0n) is 6.06. The number of thiophene rings is 1. The fourth-order valence-corrected chi connectivity index (χ4v) is 1.84. The molecular weight excluding hydrogens is 159 g/mol. The standard InChI is InChI=1S/C6H7BN2OS/c1-9-7(10)5-2-3-11-6(5)4-8-9/h2-4,10H,1H3. The highest BCUT2D eigenvalue weighted by molar-refractivity contribution is 7.13. The Hall–Kier alpha value is -0.805. The van der Waals surface area contributed by atoms with Gasteiger partial charge in [-0.15, -0.1) is 11.3 Å². The molecule has 0 saturated heterocycles. The fourth-order valence-electron chi connectivity index (χ4n) is 1.06. The number of hydrazone groups is 1. The van der Waals surface area contributed by atoms with Crippen molar-refractivity contribution in [3.63, 3.8) is 0 Å². The molecule has 1 aromatic rings. The van der Waals surface area contributed by atoms with E-state index in [0.717, 1.165) is 10.3 Å². The Labute approximate surface area is 69.1 Å². The molecule has 1 aromatic heterocycles. The number of fused-ring (bicyclic) bond motifs is 1. The first kappa shape index (κ1) is 6.88. The van der Waals surface area contributed by atoms with Crippen molar-refractivity contribution in [2.24, 2.45) is 5.10 Å². The molecule has 2 rings (SSSR count). The van der Waals surface area contributed by atoms with Gasteiger partial charge in [-0.3, -0.25) is 0 Å². The minimum absolute atomic E-state index is 0.568. The van der Waals surface area contributed by atoms with Crippen LogP contribution in [0.25, 0.3) is 0 Å². The summed E-state index contributed by atoms with van der Waals surface area (Å²) in [5.41, 5.74) is 0.951. The molecule has 11 heavy (non-hydrogen) atoms. The van der Waals surface area contributed by atoms with E-state index in [-0.39, 0.29) is 0 Å². The Morgan fingerprint density at radius 1 is 1.73 bits per heavy atom. The third kappa shape index (κ3) is 0.966. The minimum Gasteiger partial charge on any atom is -0.428 e. The third-order valence-electron chi connectivity index (χ3n) is 1.72. The molecule has 0 aromatic carbocycles. The molecule has 0 bridgehead atoms. The molecule has 1 N–H and O–H groups in total. The van der Waals surface area contributed by atoms with E-state index in [2.05, 4.69) is 5.10 Å². The summed E-state index contributed by atoms with van der Waals surface area (Å²) < 4.78 is 0. The largest absolute Gasteiger partial charge is 0.467 e. The van der Waals surface area contributed by atoms with Gasteiger partial charge in [-0.2, -0.15) is 5.10 Å². The van der Waals surface area contributed by atoms with Crippen LogP contribution in [0.15, 0.2) is 16.5 Å². The maximum absolute atomic E-state index is 9.54. The summed E-state index contributed by atoms with van der Waals surface area (Å²) in [6.45, 7) is 0. The van der Waals surface area contributed by atoms with Crippen LogP contribution in [0.1, 0.15) is 4.88 Å². The van der Waals surface area contributed by atoms with Gasteiger partial charge in [-0.1, -0.05) is 6.07 Å². The Balaban J connectivity index is 2.48. The Kier molecular flexibility index (Phi) is 1.47. The molecule has 5 heteroatoms. The van der Waals surface area contributed by atoms with E-state index in [0.29, 0.717) is 0 Å². The van der Waals surface area contributed by atoms with Crippen LogP contribution in [-0.4, -0.2) is 30.3 Å². The van der Waals surface area contributed by atoms with E-state index in [1.165, 1.54) is 4.92 Å². The van der Waals surface area contributed by atoms with Gasteiger partial charge in [0.2, 0.25) is 0 Å². The molecule has 1 aliphatic heterocycles. The Morgan fingerprint density at radius 2 is 2.55 bits per heavy atom. The second-order valence-corrected chi connectivity index (χ2v) is 3.38. The summed E-state index contributed by atoms with van der Waals surface area (Å²) in [7, 11) is 1.18. The highest BCUT2D eigenvalue weighted by Crippen LogP contribution is 2.09. The summed E-state index contributed by atoms with van der Waals surface area (Å²) in [4.78, 5) is 2.59. The van der Waals surface area contributed by atoms with Crippen molar-refractivity contribution in [1.82, 2.24) is 4.92 Å². The highest BCUT2D eigenvalue weighted by atomic mass is 32.1. The van der Waals surface area contributed by atoms with Crippen LogP contribution in [0.2, 0.25) is 0 Å². The van der Waals surface area contributed by atoms with E-state index >= 15 is 0 Å². The molecule has 3 nitrogen and oxygen atoms in total. The first-order chi connectivity index (χ1) is 5.29. The quantitative estimate of drug-likeness (QED) is 0.538. The summed E-state index contributed by atoms with van der Waals surface area (Å²) in [5.74, 6) is 0. The van der Waals surface area contributed by atoms with Crippen LogP contribution in [0.5, 0.6) is 0 Å². The zero-order chi connectivity index (χ0) is 7.84. The molecule has 0 saturated carbocycles. The molecule has 2 heterocycles. The monoisotopic (exact) mass is 166 g/mol. The van der Waals surface area contributed by atoms with Crippen LogP contribution in [0.4, 0.5) is 0 Å². The lowest BCUT2D eigenvalue weighted by atomic mass is 9.73. The predicted molar refractivity (Wildman–Crippen MR) is 47.3 cm³/mol. The number of nitrogens with zero attached hydrogens (tertiary/aromatic N) is 2. The first-order valence-corrected chi connectivity index (χ1v) is 4.19. The molecule has 0 amide bonds. The molecule has 56 valence electrons. The topological polar surface area (TPSA) is 35.8 Å².